The van der Waals surface area contributed by atoms with E-state index in [1.165, 1.54) is 6.39 Å². The minimum Gasteiger partial charge on any atom is -0.443 e. The molecular weight excluding hydrogens is 142 g/mol. The first-order valence-corrected chi connectivity index (χ1v) is 3.20. The summed E-state index contributed by atoms with van der Waals surface area (Å²) in [6.45, 7) is 0. The van der Waals surface area contributed by atoms with Gasteiger partial charge in [-0.2, -0.15) is 0 Å². The van der Waals surface area contributed by atoms with Gasteiger partial charge in [0.1, 0.15) is 5.52 Å². The van der Waals surface area contributed by atoms with Gasteiger partial charge in [-0.1, -0.05) is 12.1 Å². The molecule has 0 saturated heterocycles. The molecule has 3 heteroatoms. The van der Waals surface area contributed by atoms with E-state index >= 15 is 0 Å². The Balaban J connectivity index is 0.000000281. The van der Waals surface area contributed by atoms with Crippen molar-refractivity contribution >= 4 is 11.1 Å². The summed E-state index contributed by atoms with van der Waals surface area (Å²) < 4.78 is 5.01. The van der Waals surface area contributed by atoms with Crippen molar-refractivity contribution in [2.24, 2.45) is 0 Å². The Morgan fingerprint density at radius 3 is 2.73 bits per heavy atom. The Morgan fingerprint density at radius 1 is 1.27 bits per heavy atom. The van der Waals surface area contributed by atoms with Crippen LogP contribution in [0, 0.1) is 0 Å². The van der Waals surface area contributed by atoms with Crippen LogP contribution in [0.5, 0.6) is 0 Å². The minimum absolute atomic E-state index is 0.845. The number of aromatic nitrogens is 1. The molecule has 2 rings (SSSR count). The summed E-state index contributed by atoms with van der Waals surface area (Å²) in [5.74, 6) is 0. The smallest absolute Gasteiger partial charge is 0.181 e. The van der Waals surface area contributed by atoms with Gasteiger partial charge in [0.25, 0.3) is 0 Å². The molecular formula is C8H9NO2. The summed E-state index contributed by atoms with van der Waals surface area (Å²) in [5.41, 5.74) is 1.76. The lowest BCUT2D eigenvalue weighted by Gasteiger charge is -1.79. The third-order valence-electron chi connectivity index (χ3n) is 1.24. The number of fused-ring (bicyclic) bond motifs is 1. The van der Waals surface area contributed by atoms with Gasteiger partial charge in [0.05, 0.1) is 0 Å². The molecule has 0 amide bonds. The van der Waals surface area contributed by atoms with Crippen molar-refractivity contribution in [1.82, 2.24) is 4.98 Å². The summed E-state index contributed by atoms with van der Waals surface area (Å²) in [5, 5.41) is 7.00. The Bertz CT molecular complexity index is 286. The van der Waals surface area contributed by atoms with Crippen molar-refractivity contribution in [3.63, 3.8) is 0 Å². The number of rotatable bonds is 0. The van der Waals surface area contributed by atoms with Gasteiger partial charge in [-0.05, 0) is 12.1 Å². The van der Waals surface area contributed by atoms with Gasteiger partial charge in [-0.3, -0.25) is 0 Å². The second kappa shape index (κ2) is 3.73. The third-order valence-corrected chi connectivity index (χ3v) is 1.24. The molecule has 0 atom stereocenters. The van der Waals surface area contributed by atoms with Crippen molar-refractivity contribution in [3.8, 4) is 0 Å². The molecule has 0 bridgehead atoms. The molecule has 0 fully saturated rings. The fourth-order valence-corrected chi connectivity index (χ4v) is 0.803. The summed E-state index contributed by atoms with van der Waals surface area (Å²) in [6.07, 6.45) is 1.45. The standard InChI is InChI=1S/C7H5NO.CH4O/c1-2-4-7-6(3-1)8-5-9-7;1-2/h1-5H;2H,1H3. The molecule has 1 aromatic heterocycles. The highest BCUT2D eigenvalue weighted by Gasteiger charge is 1.91. The van der Waals surface area contributed by atoms with Crippen LogP contribution < -0.4 is 0 Å². The SMILES string of the molecule is CO.c1ccc2ocnc2c1. The average Bonchev–Trinajstić information content (AvgIpc) is 2.55. The van der Waals surface area contributed by atoms with Crippen molar-refractivity contribution in [3.05, 3.63) is 30.7 Å². The Labute approximate surface area is 64.3 Å². The average molecular weight is 151 g/mol. The van der Waals surface area contributed by atoms with Crippen LogP contribution >= 0.6 is 0 Å². The van der Waals surface area contributed by atoms with Crippen molar-refractivity contribution < 1.29 is 9.52 Å². The van der Waals surface area contributed by atoms with E-state index in [-0.39, 0.29) is 0 Å². The Morgan fingerprint density at radius 2 is 2.00 bits per heavy atom. The first kappa shape index (κ1) is 7.75. The zero-order chi connectivity index (χ0) is 8.10. The van der Waals surface area contributed by atoms with Gasteiger partial charge in [0.2, 0.25) is 0 Å². The number of para-hydroxylation sites is 2. The van der Waals surface area contributed by atoms with E-state index in [0.717, 1.165) is 18.2 Å². The Kier molecular flexibility index (Phi) is 2.63. The van der Waals surface area contributed by atoms with Crippen LogP contribution in [-0.4, -0.2) is 17.2 Å². The lowest BCUT2D eigenvalue weighted by Crippen LogP contribution is -1.61. The van der Waals surface area contributed by atoms with Crippen LogP contribution in [0.25, 0.3) is 11.1 Å². The summed E-state index contributed by atoms with van der Waals surface area (Å²) in [4.78, 5) is 3.95. The maximum Gasteiger partial charge on any atom is 0.181 e. The quantitative estimate of drug-likeness (QED) is 0.619. The fourth-order valence-electron chi connectivity index (χ4n) is 0.803. The highest BCUT2D eigenvalue weighted by molar-refractivity contribution is 5.71. The number of hydrogen-bond donors (Lipinski definition) is 1. The molecule has 0 unspecified atom stereocenters. The molecule has 0 saturated carbocycles. The molecule has 0 spiro atoms. The zero-order valence-corrected chi connectivity index (χ0v) is 6.19. The molecule has 1 aromatic carbocycles. The summed E-state index contributed by atoms with van der Waals surface area (Å²) in [7, 11) is 1.00. The van der Waals surface area contributed by atoms with E-state index < -0.39 is 0 Å². The minimum atomic E-state index is 0.845. The number of hydrogen-bond acceptors (Lipinski definition) is 3. The third kappa shape index (κ3) is 1.56. The van der Waals surface area contributed by atoms with E-state index in [0.29, 0.717) is 0 Å². The molecule has 0 aliphatic heterocycles. The van der Waals surface area contributed by atoms with E-state index in [2.05, 4.69) is 4.98 Å². The highest BCUT2D eigenvalue weighted by atomic mass is 16.3. The maximum absolute atomic E-state index is 7.00. The number of nitrogens with zero attached hydrogens (tertiary/aromatic N) is 1. The number of benzene rings is 1. The molecule has 0 aliphatic carbocycles. The Hall–Kier alpha value is -1.35. The second-order valence-electron chi connectivity index (χ2n) is 1.82. The van der Waals surface area contributed by atoms with Gasteiger partial charge in [0.15, 0.2) is 12.0 Å². The van der Waals surface area contributed by atoms with Crippen molar-refractivity contribution in [2.75, 3.05) is 7.11 Å². The summed E-state index contributed by atoms with van der Waals surface area (Å²) >= 11 is 0. The van der Waals surface area contributed by atoms with Crippen LogP contribution in [0.2, 0.25) is 0 Å². The van der Waals surface area contributed by atoms with Gasteiger partial charge >= 0.3 is 0 Å². The molecule has 1 heterocycles. The largest absolute Gasteiger partial charge is 0.443 e. The maximum atomic E-state index is 7.00. The van der Waals surface area contributed by atoms with Crippen molar-refractivity contribution in [2.45, 2.75) is 0 Å². The molecule has 2 aromatic rings. The van der Waals surface area contributed by atoms with Crippen LogP contribution in [0.3, 0.4) is 0 Å². The lowest BCUT2D eigenvalue weighted by molar-refractivity contribution is 0.399. The van der Waals surface area contributed by atoms with E-state index in [4.69, 9.17) is 9.52 Å². The van der Waals surface area contributed by atoms with E-state index in [1.54, 1.807) is 0 Å². The zero-order valence-electron chi connectivity index (χ0n) is 6.19. The van der Waals surface area contributed by atoms with Crippen LogP contribution in [0.1, 0.15) is 0 Å². The molecule has 0 radical (unpaired) electrons. The predicted molar refractivity (Wildman–Crippen MR) is 42.2 cm³/mol. The number of aliphatic hydroxyl groups excluding tert-OH is 1. The number of aliphatic hydroxyl groups is 1. The van der Waals surface area contributed by atoms with E-state index in [9.17, 15) is 0 Å². The number of oxazole rings is 1. The normalized spacial score (nSPS) is 8.91. The predicted octanol–water partition coefficient (Wildman–Crippen LogP) is 1.44. The van der Waals surface area contributed by atoms with Crippen molar-refractivity contribution in [1.29, 1.82) is 0 Å². The first-order chi connectivity index (χ1) is 5.47. The van der Waals surface area contributed by atoms with Gasteiger partial charge in [-0.25, -0.2) is 4.98 Å². The molecule has 1 N–H and O–H groups in total. The molecule has 0 aliphatic rings. The summed E-state index contributed by atoms with van der Waals surface area (Å²) in [6, 6.07) is 7.67. The van der Waals surface area contributed by atoms with Crippen LogP contribution in [0.15, 0.2) is 35.1 Å². The van der Waals surface area contributed by atoms with E-state index in [1.807, 2.05) is 24.3 Å². The molecule has 58 valence electrons. The fraction of sp³-hybridized carbons (Fsp3) is 0.125. The second-order valence-corrected chi connectivity index (χ2v) is 1.82. The van der Waals surface area contributed by atoms with Gasteiger partial charge < -0.3 is 9.52 Å². The van der Waals surface area contributed by atoms with Gasteiger partial charge in [0, 0.05) is 7.11 Å². The molecule has 11 heavy (non-hydrogen) atoms. The topological polar surface area (TPSA) is 46.3 Å². The lowest BCUT2D eigenvalue weighted by atomic mass is 10.3. The first-order valence-electron chi connectivity index (χ1n) is 3.20. The highest BCUT2D eigenvalue weighted by Crippen LogP contribution is 2.09. The van der Waals surface area contributed by atoms with Crippen LogP contribution in [-0.2, 0) is 0 Å². The monoisotopic (exact) mass is 151 g/mol. The molecule has 3 nitrogen and oxygen atoms in total. The van der Waals surface area contributed by atoms with Crippen LogP contribution in [0.4, 0.5) is 0 Å². The van der Waals surface area contributed by atoms with Gasteiger partial charge in [-0.15, -0.1) is 0 Å².